The number of nitrogens with zero attached hydrogens (tertiary/aromatic N) is 2. The number of benzene rings is 1. The van der Waals surface area contributed by atoms with Crippen molar-refractivity contribution in [1.29, 1.82) is 0 Å². The van der Waals surface area contributed by atoms with E-state index in [0.29, 0.717) is 10.8 Å². The van der Waals surface area contributed by atoms with Crippen molar-refractivity contribution in [3.05, 3.63) is 53.9 Å². The summed E-state index contributed by atoms with van der Waals surface area (Å²) >= 11 is 5.92. The summed E-state index contributed by atoms with van der Waals surface area (Å²) < 4.78 is 0. The number of nitrogens with one attached hydrogen (secondary N) is 1. The number of aromatic nitrogens is 3. The Morgan fingerprint density at radius 3 is 2.53 bits per heavy atom. The van der Waals surface area contributed by atoms with Crippen LogP contribution in [0.3, 0.4) is 0 Å². The number of anilines is 1. The van der Waals surface area contributed by atoms with Gasteiger partial charge in [-0.25, -0.2) is 4.98 Å². The Bertz CT molecular complexity index is 690. The molecule has 0 unspecified atom stereocenters. The van der Waals surface area contributed by atoms with Crippen molar-refractivity contribution in [2.45, 2.75) is 0 Å². The SMILES string of the molecule is Nc1nccc(-c2cn[nH]c2)c1-c1ccc(Cl)cc1. The lowest BCUT2D eigenvalue weighted by Crippen LogP contribution is -1.96. The van der Waals surface area contributed by atoms with E-state index in [1.54, 1.807) is 12.4 Å². The van der Waals surface area contributed by atoms with E-state index in [9.17, 15) is 0 Å². The van der Waals surface area contributed by atoms with E-state index in [1.807, 2.05) is 36.5 Å². The molecule has 1 aromatic carbocycles. The second kappa shape index (κ2) is 4.74. The van der Waals surface area contributed by atoms with Crippen LogP contribution >= 0.6 is 11.6 Å². The topological polar surface area (TPSA) is 67.6 Å². The molecule has 4 nitrogen and oxygen atoms in total. The Labute approximate surface area is 115 Å². The molecule has 2 aromatic heterocycles. The number of nitrogen functional groups attached to an aromatic ring is 1. The summed E-state index contributed by atoms with van der Waals surface area (Å²) in [6, 6.07) is 9.45. The number of nitrogens with two attached hydrogens (primary N) is 1. The summed E-state index contributed by atoms with van der Waals surface area (Å²) in [7, 11) is 0. The molecule has 0 fully saturated rings. The van der Waals surface area contributed by atoms with Crippen molar-refractivity contribution in [2.75, 3.05) is 5.73 Å². The van der Waals surface area contributed by atoms with Crippen LogP contribution in [-0.2, 0) is 0 Å². The van der Waals surface area contributed by atoms with Gasteiger partial charge in [-0.3, -0.25) is 5.10 Å². The van der Waals surface area contributed by atoms with Crippen molar-refractivity contribution in [3.8, 4) is 22.3 Å². The molecule has 0 aliphatic heterocycles. The molecule has 0 spiro atoms. The lowest BCUT2D eigenvalue weighted by molar-refractivity contribution is 1.09. The van der Waals surface area contributed by atoms with E-state index in [2.05, 4.69) is 15.2 Å². The molecule has 0 aliphatic rings. The van der Waals surface area contributed by atoms with E-state index < -0.39 is 0 Å². The van der Waals surface area contributed by atoms with Crippen molar-refractivity contribution in [1.82, 2.24) is 15.2 Å². The zero-order valence-electron chi connectivity index (χ0n) is 9.97. The molecule has 19 heavy (non-hydrogen) atoms. The fourth-order valence-corrected chi connectivity index (χ4v) is 2.16. The van der Waals surface area contributed by atoms with Crippen LogP contribution in [0.15, 0.2) is 48.9 Å². The molecule has 3 rings (SSSR count). The van der Waals surface area contributed by atoms with Crippen LogP contribution in [0, 0.1) is 0 Å². The lowest BCUT2D eigenvalue weighted by atomic mass is 9.97. The van der Waals surface area contributed by atoms with Gasteiger partial charge in [0, 0.05) is 28.5 Å². The van der Waals surface area contributed by atoms with Crippen LogP contribution in [-0.4, -0.2) is 15.2 Å². The first-order valence-electron chi connectivity index (χ1n) is 5.75. The van der Waals surface area contributed by atoms with Gasteiger partial charge in [0.05, 0.1) is 6.20 Å². The Kier molecular flexibility index (Phi) is 2.93. The highest BCUT2D eigenvalue weighted by Gasteiger charge is 2.12. The quantitative estimate of drug-likeness (QED) is 0.750. The number of hydrogen-bond donors (Lipinski definition) is 2. The molecule has 3 N–H and O–H groups in total. The minimum atomic E-state index is 0.487. The molecule has 5 heteroatoms. The summed E-state index contributed by atoms with van der Waals surface area (Å²) in [4.78, 5) is 4.16. The maximum absolute atomic E-state index is 6.02. The van der Waals surface area contributed by atoms with E-state index in [4.69, 9.17) is 17.3 Å². The van der Waals surface area contributed by atoms with E-state index in [1.165, 1.54) is 0 Å². The molecule has 0 bridgehead atoms. The predicted molar refractivity (Wildman–Crippen MR) is 76.7 cm³/mol. The first kappa shape index (κ1) is 11.7. The zero-order valence-corrected chi connectivity index (χ0v) is 10.7. The minimum absolute atomic E-state index is 0.487. The summed E-state index contributed by atoms with van der Waals surface area (Å²) in [6.07, 6.45) is 5.28. The number of H-pyrrole nitrogens is 1. The molecular formula is C14H11ClN4. The third-order valence-corrected chi connectivity index (χ3v) is 3.17. The van der Waals surface area contributed by atoms with Gasteiger partial charge in [-0.1, -0.05) is 23.7 Å². The summed E-state index contributed by atoms with van der Waals surface area (Å²) in [5.41, 5.74) is 9.85. The maximum atomic E-state index is 6.02. The fourth-order valence-electron chi connectivity index (χ4n) is 2.04. The molecular weight excluding hydrogens is 260 g/mol. The number of pyridine rings is 1. The fraction of sp³-hybridized carbons (Fsp3) is 0. The Hall–Kier alpha value is -2.33. The smallest absolute Gasteiger partial charge is 0.131 e. The van der Waals surface area contributed by atoms with Gasteiger partial charge >= 0.3 is 0 Å². The maximum Gasteiger partial charge on any atom is 0.131 e. The van der Waals surface area contributed by atoms with Crippen LogP contribution < -0.4 is 5.73 Å². The summed E-state index contributed by atoms with van der Waals surface area (Å²) in [6.45, 7) is 0. The first-order valence-corrected chi connectivity index (χ1v) is 6.13. The summed E-state index contributed by atoms with van der Waals surface area (Å²) in [5, 5.41) is 7.46. The molecule has 0 saturated carbocycles. The van der Waals surface area contributed by atoms with Gasteiger partial charge in [0.15, 0.2) is 0 Å². The largest absolute Gasteiger partial charge is 0.383 e. The number of halogens is 1. The minimum Gasteiger partial charge on any atom is -0.383 e. The van der Waals surface area contributed by atoms with E-state index in [-0.39, 0.29) is 0 Å². The first-order chi connectivity index (χ1) is 9.25. The third-order valence-electron chi connectivity index (χ3n) is 2.92. The molecule has 3 aromatic rings. The highest BCUT2D eigenvalue weighted by Crippen LogP contribution is 2.35. The van der Waals surface area contributed by atoms with Gasteiger partial charge in [-0.15, -0.1) is 0 Å². The Morgan fingerprint density at radius 2 is 1.84 bits per heavy atom. The molecule has 0 saturated heterocycles. The van der Waals surface area contributed by atoms with Gasteiger partial charge in [-0.2, -0.15) is 5.10 Å². The average molecular weight is 271 g/mol. The zero-order chi connectivity index (χ0) is 13.2. The molecule has 0 amide bonds. The van der Waals surface area contributed by atoms with Crippen molar-refractivity contribution >= 4 is 17.4 Å². The van der Waals surface area contributed by atoms with E-state index in [0.717, 1.165) is 22.3 Å². The van der Waals surface area contributed by atoms with E-state index >= 15 is 0 Å². The van der Waals surface area contributed by atoms with Crippen molar-refractivity contribution < 1.29 is 0 Å². The highest BCUT2D eigenvalue weighted by molar-refractivity contribution is 6.30. The average Bonchev–Trinajstić information content (AvgIpc) is 2.94. The van der Waals surface area contributed by atoms with Crippen LogP contribution in [0.2, 0.25) is 5.02 Å². The Balaban J connectivity index is 2.22. The Morgan fingerprint density at radius 1 is 1.05 bits per heavy atom. The second-order valence-electron chi connectivity index (χ2n) is 4.11. The van der Waals surface area contributed by atoms with Gasteiger partial charge in [0.1, 0.15) is 5.82 Å². The van der Waals surface area contributed by atoms with Gasteiger partial charge < -0.3 is 5.73 Å². The van der Waals surface area contributed by atoms with Gasteiger partial charge in [0.25, 0.3) is 0 Å². The predicted octanol–water partition coefficient (Wildman–Crippen LogP) is 3.37. The van der Waals surface area contributed by atoms with Crippen LogP contribution in [0.25, 0.3) is 22.3 Å². The number of rotatable bonds is 2. The standard InChI is InChI=1S/C14H11ClN4/c15-11-3-1-9(2-4-11)13-12(5-6-17-14(13)16)10-7-18-19-8-10/h1-8H,(H2,16,17)(H,18,19). The van der Waals surface area contributed by atoms with Crippen LogP contribution in [0.5, 0.6) is 0 Å². The normalized spacial score (nSPS) is 10.6. The van der Waals surface area contributed by atoms with Crippen molar-refractivity contribution in [2.24, 2.45) is 0 Å². The lowest BCUT2D eigenvalue weighted by Gasteiger charge is -2.10. The molecule has 2 heterocycles. The molecule has 0 atom stereocenters. The molecule has 0 aliphatic carbocycles. The number of hydrogen-bond acceptors (Lipinski definition) is 3. The van der Waals surface area contributed by atoms with Gasteiger partial charge in [-0.05, 0) is 29.3 Å². The molecule has 94 valence electrons. The summed E-state index contributed by atoms with van der Waals surface area (Å²) in [5.74, 6) is 0.487. The second-order valence-corrected chi connectivity index (χ2v) is 4.55. The van der Waals surface area contributed by atoms with Gasteiger partial charge in [0.2, 0.25) is 0 Å². The number of aromatic amines is 1. The highest BCUT2D eigenvalue weighted by atomic mass is 35.5. The van der Waals surface area contributed by atoms with Crippen molar-refractivity contribution in [3.63, 3.8) is 0 Å². The van der Waals surface area contributed by atoms with Crippen LogP contribution in [0.1, 0.15) is 0 Å². The van der Waals surface area contributed by atoms with Crippen LogP contribution in [0.4, 0.5) is 5.82 Å². The molecule has 0 radical (unpaired) electrons. The monoisotopic (exact) mass is 270 g/mol. The third kappa shape index (κ3) is 2.18.